The molecule has 1 saturated heterocycles. The molecule has 2 heterocycles. The second kappa shape index (κ2) is 9.83. The van der Waals surface area contributed by atoms with Crippen molar-refractivity contribution < 1.29 is 29.2 Å². The second-order valence-corrected chi connectivity index (χ2v) is 8.53. The van der Waals surface area contributed by atoms with E-state index in [1.807, 2.05) is 41.1 Å². The molecule has 4 rings (SSSR count). The van der Waals surface area contributed by atoms with Crippen LogP contribution in [-0.4, -0.2) is 35.7 Å². The molecule has 0 saturated carbocycles. The van der Waals surface area contributed by atoms with Gasteiger partial charge in [0.25, 0.3) is 0 Å². The van der Waals surface area contributed by atoms with Gasteiger partial charge in [0.15, 0.2) is 5.79 Å². The summed E-state index contributed by atoms with van der Waals surface area (Å²) < 4.78 is 17.2. The largest absolute Gasteiger partial charge is 0.478 e. The summed E-state index contributed by atoms with van der Waals surface area (Å²) in [5.41, 5.74) is 2.12. The lowest BCUT2D eigenvalue weighted by Gasteiger charge is -2.35. The molecule has 6 nitrogen and oxygen atoms in total. The van der Waals surface area contributed by atoms with Crippen molar-refractivity contribution in [1.82, 2.24) is 0 Å². The van der Waals surface area contributed by atoms with Gasteiger partial charge in [-0.05, 0) is 75.8 Å². The van der Waals surface area contributed by atoms with Crippen molar-refractivity contribution in [3.63, 3.8) is 0 Å². The van der Waals surface area contributed by atoms with Gasteiger partial charge in [0.1, 0.15) is 5.75 Å². The van der Waals surface area contributed by atoms with E-state index < -0.39 is 11.8 Å². The highest BCUT2D eigenvalue weighted by atomic mass is 32.1. The fourth-order valence-electron chi connectivity index (χ4n) is 4.18. The van der Waals surface area contributed by atoms with Crippen molar-refractivity contribution in [2.45, 2.75) is 38.1 Å². The van der Waals surface area contributed by atoms with Crippen molar-refractivity contribution in [3.8, 4) is 16.9 Å². The molecule has 1 aliphatic heterocycles. The minimum absolute atomic E-state index is 0.0883. The van der Waals surface area contributed by atoms with Gasteiger partial charge >= 0.3 is 5.97 Å². The Bertz CT molecular complexity index is 1110. The van der Waals surface area contributed by atoms with Gasteiger partial charge in [-0.1, -0.05) is 6.07 Å². The number of aliphatic hydroxyl groups excluding tert-OH is 1. The van der Waals surface area contributed by atoms with Crippen LogP contribution in [0, 0.1) is 0 Å². The van der Waals surface area contributed by atoms with Crippen LogP contribution in [-0.2, 0) is 16.1 Å². The highest BCUT2D eigenvalue weighted by Crippen LogP contribution is 2.37. The van der Waals surface area contributed by atoms with Gasteiger partial charge in [-0.3, -0.25) is 0 Å². The molecule has 0 spiro atoms. The number of hydrogen-bond donors (Lipinski definition) is 2. The zero-order valence-electron chi connectivity index (χ0n) is 17.9. The van der Waals surface area contributed by atoms with Gasteiger partial charge in [-0.25, -0.2) is 4.79 Å². The van der Waals surface area contributed by atoms with Crippen molar-refractivity contribution in [2.24, 2.45) is 0 Å². The summed E-state index contributed by atoms with van der Waals surface area (Å²) in [7, 11) is 1.66. The van der Waals surface area contributed by atoms with Crippen LogP contribution in [0.15, 0.2) is 53.4 Å². The number of rotatable bonds is 8. The third-order valence-corrected chi connectivity index (χ3v) is 6.52. The highest BCUT2D eigenvalue weighted by molar-refractivity contribution is 7.08. The Labute approximate surface area is 190 Å². The Hall–Kier alpha value is -2.71. The van der Waals surface area contributed by atoms with Crippen LogP contribution in [0.1, 0.15) is 41.6 Å². The number of carbonyl (C=O) groups is 1. The predicted octanol–water partition coefficient (Wildman–Crippen LogP) is 5.58. The van der Waals surface area contributed by atoms with Crippen molar-refractivity contribution in [3.05, 3.63) is 64.6 Å². The van der Waals surface area contributed by atoms with E-state index in [0.717, 1.165) is 41.2 Å². The predicted molar refractivity (Wildman–Crippen MR) is 124 cm³/mol. The molecule has 2 aromatic carbocycles. The van der Waals surface area contributed by atoms with Crippen LogP contribution in [0.5, 0.6) is 5.75 Å². The maximum absolute atomic E-state index is 11.9. The van der Waals surface area contributed by atoms with Gasteiger partial charge < -0.3 is 24.4 Å². The van der Waals surface area contributed by atoms with E-state index in [9.17, 15) is 15.0 Å². The molecule has 1 atom stereocenters. The molecule has 1 unspecified atom stereocenters. The fraction of sp³-hybridized carbons (Fsp3) is 0.320. The SMILES string of the molecule is COC1(CC=COc2ccc3c(-c4ccsc4)c(CO)c(C(=O)O)cc3c2)CCCCO1. The lowest BCUT2D eigenvalue weighted by molar-refractivity contribution is -0.239. The summed E-state index contributed by atoms with van der Waals surface area (Å²) >= 11 is 1.52. The molecule has 1 fully saturated rings. The van der Waals surface area contributed by atoms with Gasteiger partial charge in [0.05, 0.1) is 25.0 Å². The second-order valence-electron chi connectivity index (χ2n) is 7.75. The van der Waals surface area contributed by atoms with E-state index in [4.69, 9.17) is 14.2 Å². The monoisotopic (exact) mass is 454 g/mol. The summed E-state index contributed by atoms with van der Waals surface area (Å²) in [6.45, 7) is 0.342. The summed E-state index contributed by atoms with van der Waals surface area (Å²) in [5.74, 6) is -1.07. The molecule has 3 aromatic rings. The Morgan fingerprint density at radius 2 is 2.16 bits per heavy atom. The molecule has 0 amide bonds. The van der Waals surface area contributed by atoms with Crippen LogP contribution in [0.3, 0.4) is 0 Å². The Morgan fingerprint density at radius 3 is 2.81 bits per heavy atom. The average Bonchev–Trinajstić information content (AvgIpc) is 3.35. The Balaban J connectivity index is 1.63. The molecule has 7 heteroatoms. The normalized spacial score (nSPS) is 18.9. The standard InChI is InChI=1S/C25H26O6S/c1-29-25(8-2-3-11-31-25)9-4-10-30-19-5-6-20-18(13-19)14-21(24(27)28)22(15-26)23(20)17-7-12-32-16-17/h4-7,10,12-14,16,26H,2-3,8-9,11,15H2,1H3,(H,27,28). The molecule has 168 valence electrons. The summed E-state index contributed by atoms with van der Waals surface area (Å²) in [5, 5.41) is 25.1. The van der Waals surface area contributed by atoms with Crippen LogP contribution < -0.4 is 4.74 Å². The molecule has 0 bridgehead atoms. The number of ether oxygens (including phenoxy) is 3. The van der Waals surface area contributed by atoms with Gasteiger partial charge in [-0.2, -0.15) is 11.3 Å². The smallest absolute Gasteiger partial charge is 0.336 e. The minimum atomic E-state index is -1.07. The topological polar surface area (TPSA) is 85.2 Å². The minimum Gasteiger partial charge on any atom is -0.478 e. The number of aromatic carboxylic acids is 1. The number of hydrogen-bond acceptors (Lipinski definition) is 6. The first-order valence-corrected chi connectivity index (χ1v) is 11.5. The zero-order valence-corrected chi connectivity index (χ0v) is 18.7. The molecule has 32 heavy (non-hydrogen) atoms. The number of carboxylic acid groups (broad SMARTS) is 1. The number of methoxy groups -OCH3 is 1. The summed E-state index contributed by atoms with van der Waals surface area (Å²) in [4.78, 5) is 11.9. The van der Waals surface area contributed by atoms with Crippen molar-refractivity contribution in [1.29, 1.82) is 0 Å². The van der Waals surface area contributed by atoms with Crippen LogP contribution in [0.2, 0.25) is 0 Å². The van der Waals surface area contributed by atoms with E-state index >= 15 is 0 Å². The first kappa shape index (κ1) is 22.5. The van der Waals surface area contributed by atoms with Crippen LogP contribution in [0.4, 0.5) is 0 Å². The number of aliphatic hydroxyl groups is 1. The molecule has 1 aliphatic rings. The summed E-state index contributed by atoms with van der Waals surface area (Å²) in [6, 6.07) is 9.07. The first-order valence-electron chi connectivity index (χ1n) is 10.5. The molecule has 0 radical (unpaired) electrons. The number of fused-ring (bicyclic) bond motifs is 1. The molecular weight excluding hydrogens is 428 g/mol. The Kier molecular flexibility index (Phi) is 6.91. The first-order chi connectivity index (χ1) is 15.6. The molecule has 1 aromatic heterocycles. The van der Waals surface area contributed by atoms with E-state index in [1.165, 1.54) is 11.3 Å². The number of carboxylic acids is 1. The van der Waals surface area contributed by atoms with Gasteiger partial charge in [0.2, 0.25) is 0 Å². The van der Waals surface area contributed by atoms with E-state index in [0.29, 0.717) is 24.3 Å². The molecule has 0 aliphatic carbocycles. The third-order valence-electron chi connectivity index (χ3n) is 5.84. The van der Waals surface area contributed by atoms with Gasteiger partial charge in [-0.15, -0.1) is 0 Å². The number of thiophene rings is 1. The van der Waals surface area contributed by atoms with Crippen molar-refractivity contribution >= 4 is 28.1 Å². The van der Waals surface area contributed by atoms with Crippen LogP contribution in [0.25, 0.3) is 21.9 Å². The maximum Gasteiger partial charge on any atom is 0.336 e. The molecular formula is C25H26O6S. The Morgan fingerprint density at radius 1 is 1.28 bits per heavy atom. The van der Waals surface area contributed by atoms with Crippen molar-refractivity contribution in [2.75, 3.05) is 13.7 Å². The maximum atomic E-state index is 11.9. The van der Waals surface area contributed by atoms with Crippen LogP contribution >= 0.6 is 11.3 Å². The van der Waals surface area contributed by atoms with Gasteiger partial charge in [0, 0.05) is 25.5 Å². The summed E-state index contributed by atoms with van der Waals surface area (Å²) in [6.07, 6.45) is 7.05. The van der Waals surface area contributed by atoms with E-state index in [2.05, 4.69) is 0 Å². The lowest BCUT2D eigenvalue weighted by atomic mass is 9.91. The highest BCUT2D eigenvalue weighted by Gasteiger charge is 2.31. The average molecular weight is 455 g/mol. The zero-order chi connectivity index (χ0) is 22.6. The van der Waals surface area contributed by atoms with E-state index in [-0.39, 0.29) is 12.2 Å². The third kappa shape index (κ3) is 4.56. The number of benzene rings is 2. The van der Waals surface area contributed by atoms with E-state index in [1.54, 1.807) is 19.4 Å². The lowest BCUT2D eigenvalue weighted by Crippen LogP contribution is -2.37. The molecule has 2 N–H and O–H groups in total. The fourth-order valence-corrected chi connectivity index (χ4v) is 4.83. The quantitative estimate of drug-likeness (QED) is 0.432.